The minimum atomic E-state index is -0.590. The van der Waals surface area contributed by atoms with Gasteiger partial charge in [-0.2, -0.15) is 0 Å². The van der Waals surface area contributed by atoms with Gasteiger partial charge >= 0.3 is 0 Å². The predicted octanol–water partition coefficient (Wildman–Crippen LogP) is 4.26. The van der Waals surface area contributed by atoms with Crippen LogP contribution in [-0.2, 0) is 29.2 Å². The third-order valence-corrected chi connectivity index (χ3v) is 6.19. The summed E-state index contributed by atoms with van der Waals surface area (Å²) in [5, 5.41) is 5.88. The molecule has 0 aromatic heterocycles. The summed E-state index contributed by atoms with van der Waals surface area (Å²) in [4.78, 5) is 28.0. The molecule has 7 heteroatoms. The summed E-state index contributed by atoms with van der Waals surface area (Å²) < 4.78 is 6.05. The van der Waals surface area contributed by atoms with Gasteiger partial charge in [0.15, 0.2) is 0 Å². The summed E-state index contributed by atoms with van der Waals surface area (Å²) in [5.41, 5.74) is 4.00. The fourth-order valence-electron chi connectivity index (χ4n) is 4.06. The highest BCUT2D eigenvalue weighted by Gasteiger charge is 2.32. The number of carbonyl (C=O) groups excluding carboxylic acids is 2. The molecule has 2 amide bonds. The van der Waals surface area contributed by atoms with E-state index >= 15 is 0 Å². The van der Waals surface area contributed by atoms with Crippen LogP contribution in [0, 0.1) is 0 Å². The number of hydrogen-bond donors (Lipinski definition) is 2. The largest absolute Gasteiger partial charge is 0.489 e. The quantitative estimate of drug-likeness (QED) is 0.492. The zero-order chi connectivity index (χ0) is 23.9. The van der Waals surface area contributed by atoms with Gasteiger partial charge in [0.05, 0.1) is 18.3 Å². The van der Waals surface area contributed by atoms with E-state index in [1.807, 2.05) is 78.9 Å². The van der Waals surface area contributed by atoms with Gasteiger partial charge in [-0.15, -0.1) is 12.4 Å². The van der Waals surface area contributed by atoms with Gasteiger partial charge in [-0.25, -0.2) is 0 Å². The molecule has 6 nitrogen and oxygen atoms in total. The molecule has 1 aliphatic rings. The first kappa shape index (κ1) is 26.3. The molecule has 2 N–H and O–H groups in total. The Balaban J connectivity index is 0.00000342. The van der Waals surface area contributed by atoms with Crippen molar-refractivity contribution in [2.24, 2.45) is 0 Å². The maximum absolute atomic E-state index is 13.7. The third-order valence-electron chi connectivity index (χ3n) is 6.19. The van der Waals surface area contributed by atoms with Gasteiger partial charge in [0, 0.05) is 6.07 Å². The van der Waals surface area contributed by atoms with Gasteiger partial charge < -0.3 is 20.3 Å². The lowest BCUT2D eigenvalue weighted by atomic mass is 10.1. The number of fused-ring (bicyclic) bond motifs is 1. The Morgan fingerprint density at radius 2 is 1.69 bits per heavy atom. The first-order valence-electron chi connectivity index (χ1n) is 11.7. The van der Waals surface area contributed by atoms with Gasteiger partial charge in [0.2, 0.25) is 11.8 Å². The van der Waals surface area contributed by atoms with Gasteiger partial charge in [0.1, 0.15) is 18.4 Å². The molecule has 3 aromatic carbocycles. The van der Waals surface area contributed by atoms with Crippen molar-refractivity contribution in [3.8, 4) is 5.75 Å². The van der Waals surface area contributed by atoms with E-state index in [2.05, 4.69) is 10.6 Å². The summed E-state index contributed by atoms with van der Waals surface area (Å²) in [5.74, 6) is 0.414. The maximum Gasteiger partial charge on any atom is 0.249 e. The fourth-order valence-corrected chi connectivity index (χ4v) is 4.06. The number of amides is 2. The Morgan fingerprint density at radius 3 is 2.34 bits per heavy atom. The fraction of sp³-hybridized carbons (Fsp3) is 0.286. The first-order chi connectivity index (χ1) is 16.5. The Morgan fingerprint density at radius 1 is 1.03 bits per heavy atom. The number of hydrogen-bond acceptors (Lipinski definition) is 4. The van der Waals surface area contributed by atoms with E-state index in [9.17, 15) is 9.59 Å². The number of likely N-dealkylation sites (N-methyl/N-ethyl adjacent to an activating group) is 1. The number of anilines is 1. The van der Waals surface area contributed by atoms with Crippen molar-refractivity contribution in [2.75, 3.05) is 11.9 Å². The minimum absolute atomic E-state index is 0. The molecular weight excluding hydrogens is 462 g/mol. The van der Waals surface area contributed by atoms with Crippen molar-refractivity contribution in [2.45, 2.75) is 45.0 Å². The molecule has 0 saturated heterocycles. The molecule has 184 valence electrons. The number of benzene rings is 3. The van der Waals surface area contributed by atoms with Gasteiger partial charge in [-0.05, 0) is 49.6 Å². The van der Waals surface area contributed by atoms with Crippen LogP contribution in [0.1, 0.15) is 30.0 Å². The number of halogens is 1. The number of rotatable bonds is 8. The lowest BCUT2D eigenvalue weighted by Crippen LogP contribution is -2.52. The topological polar surface area (TPSA) is 70.7 Å². The minimum Gasteiger partial charge on any atom is -0.489 e. The second-order valence-electron chi connectivity index (χ2n) is 8.58. The summed E-state index contributed by atoms with van der Waals surface area (Å²) in [7, 11) is 1.73. The summed E-state index contributed by atoms with van der Waals surface area (Å²) in [6, 6.07) is 24.8. The van der Waals surface area contributed by atoms with Crippen molar-refractivity contribution in [1.82, 2.24) is 10.6 Å². The van der Waals surface area contributed by atoms with Gasteiger partial charge in [0.25, 0.3) is 0 Å². The van der Waals surface area contributed by atoms with Crippen LogP contribution in [0.25, 0.3) is 0 Å². The molecule has 3 aromatic rings. The predicted molar refractivity (Wildman–Crippen MR) is 141 cm³/mol. The average molecular weight is 494 g/mol. The number of aryl methyl sites for hydroxylation is 1. The molecule has 35 heavy (non-hydrogen) atoms. The van der Waals surface area contributed by atoms with Crippen LogP contribution in [0.3, 0.4) is 0 Å². The Bertz CT molecular complexity index is 1120. The Labute approximate surface area is 213 Å². The van der Waals surface area contributed by atoms with Crippen LogP contribution in [0.15, 0.2) is 78.9 Å². The van der Waals surface area contributed by atoms with E-state index in [4.69, 9.17) is 4.74 Å². The molecule has 0 spiro atoms. The summed E-state index contributed by atoms with van der Waals surface area (Å²) in [6.07, 6.45) is 1.23. The molecule has 0 saturated carbocycles. The molecular formula is C28H32ClN3O3. The Kier molecular flexibility index (Phi) is 9.29. The lowest BCUT2D eigenvalue weighted by Gasteiger charge is -2.27. The van der Waals surface area contributed by atoms with Crippen molar-refractivity contribution in [1.29, 1.82) is 0 Å². The highest BCUT2D eigenvalue weighted by atomic mass is 35.5. The number of carbonyl (C=O) groups is 2. The number of ether oxygens (including phenoxy) is 1. The second kappa shape index (κ2) is 12.4. The van der Waals surface area contributed by atoms with Crippen molar-refractivity contribution in [3.05, 3.63) is 95.6 Å². The molecule has 2 atom stereocenters. The summed E-state index contributed by atoms with van der Waals surface area (Å²) >= 11 is 0. The lowest BCUT2D eigenvalue weighted by molar-refractivity contribution is -0.128. The molecule has 0 bridgehead atoms. The van der Waals surface area contributed by atoms with E-state index in [-0.39, 0.29) is 30.3 Å². The van der Waals surface area contributed by atoms with Gasteiger partial charge in [-0.1, -0.05) is 66.7 Å². The molecule has 1 heterocycles. The highest BCUT2D eigenvalue weighted by Crippen LogP contribution is 2.32. The molecule has 4 rings (SSSR count). The monoisotopic (exact) mass is 493 g/mol. The van der Waals surface area contributed by atoms with E-state index in [1.54, 1.807) is 18.9 Å². The zero-order valence-corrected chi connectivity index (χ0v) is 20.9. The molecule has 0 aliphatic carbocycles. The van der Waals surface area contributed by atoms with E-state index in [0.29, 0.717) is 31.7 Å². The second-order valence-corrected chi connectivity index (χ2v) is 8.58. The van der Waals surface area contributed by atoms with Crippen LogP contribution in [0.5, 0.6) is 5.75 Å². The van der Waals surface area contributed by atoms with Crippen LogP contribution in [0.2, 0.25) is 0 Å². The highest BCUT2D eigenvalue weighted by molar-refractivity contribution is 6.01. The smallest absolute Gasteiger partial charge is 0.249 e. The van der Waals surface area contributed by atoms with Crippen molar-refractivity contribution >= 4 is 29.9 Å². The number of nitrogens with one attached hydrogen (secondary N) is 2. The Hall–Kier alpha value is -3.35. The SMILES string of the molecule is CNC(C)C(=O)NC1CCc2ccc(OCc3ccccc3)cc2N(Cc2ccccc2)C1=O.Cl. The van der Waals surface area contributed by atoms with Crippen molar-refractivity contribution in [3.63, 3.8) is 0 Å². The van der Waals surface area contributed by atoms with Gasteiger partial charge in [-0.3, -0.25) is 9.59 Å². The van der Waals surface area contributed by atoms with Crippen LogP contribution >= 0.6 is 12.4 Å². The molecule has 0 radical (unpaired) electrons. The van der Waals surface area contributed by atoms with Crippen molar-refractivity contribution < 1.29 is 14.3 Å². The molecule has 0 fully saturated rings. The van der Waals surface area contributed by atoms with Crippen LogP contribution < -0.4 is 20.3 Å². The third kappa shape index (κ3) is 6.62. The molecule has 1 aliphatic heterocycles. The zero-order valence-electron chi connectivity index (χ0n) is 20.1. The first-order valence-corrected chi connectivity index (χ1v) is 11.7. The number of nitrogens with zero attached hydrogens (tertiary/aromatic N) is 1. The average Bonchev–Trinajstić information content (AvgIpc) is 3.00. The van der Waals surface area contributed by atoms with E-state index in [0.717, 1.165) is 22.4 Å². The maximum atomic E-state index is 13.7. The van der Waals surface area contributed by atoms with E-state index < -0.39 is 6.04 Å². The normalized spacial score (nSPS) is 15.9. The standard InChI is InChI=1S/C28H31N3O3.ClH/c1-20(29-2)27(32)30-25-16-14-23-13-15-24(34-19-22-11-7-4-8-12-22)17-26(23)31(28(25)33)18-21-9-5-3-6-10-21;/h3-13,15,17,20,25,29H,14,16,18-19H2,1-2H3,(H,30,32);1H. The van der Waals surface area contributed by atoms with Crippen LogP contribution in [-0.4, -0.2) is 30.9 Å². The molecule has 2 unspecified atom stereocenters. The van der Waals surface area contributed by atoms with Crippen LogP contribution in [0.4, 0.5) is 5.69 Å². The summed E-state index contributed by atoms with van der Waals surface area (Å²) in [6.45, 7) is 2.65. The van der Waals surface area contributed by atoms with E-state index in [1.165, 1.54) is 0 Å².